The van der Waals surface area contributed by atoms with Crippen LogP contribution in [0.4, 0.5) is 0 Å². The Morgan fingerprint density at radius 1 is 1.16 bits per heavy atom. The minimum absolute atomic E-state index is 0.289. The number of rotatable bonds is 3. The molecule has 0 saturated carbocycles. The van der Waals surface area contributed by atoms with Gasteiger partial charge in [-0.25, -0.2) is 0 Å². The molecule has 0 aromatic heterocycles. The van der Waals surface area contributed by atoms with Gasteiger partial charge in [0, 0.05) is 10.7 Å². The van der Waals surface area contributed by atoms with Crippen LogP contribution in [0.5, 0.6) is 0 Å². The molecule has 1 fully saturated rings. The summed E-state index contributed by atoms with van der Waals surface area (Å²) in [7, 11) is 0. The van der Waals surface area contributed by atoms with E-state index in [2.05, 4.69) is 36.7 Å². The number of halogens is 3. The normalized spacial score (nSPS) is 32.5. The average molecular weight is 366 g/mol. The molecule has 106 valence electrons. The molecule has 0 radical (unpaired) electrons. The standard InChI is InChI=1S/C15H19BrCl2O/c1-8-9(2)19-10(3)15(8)12(16)6-11-4-5-13(17)14(18)7-11/h4-5,7-10,12,15H,6H2,1-3H3. The highest BCUT2D eigenvalue weighted by atomic mass is 79.9. The molecule has 1 aromatic carbocycles. The summed E-state index contributed by atoms with van der Waals surface area (Å²) in [6.45, 7) is 6.58. The molecular formula is C15H19BrCl2O. The molecule has 0 N–H and O–H groups in total. The Kier molecular flexibility index (Phi) is 5.21. The van der Waals surface area contributed by atoms with Gasteiger partial charge in [-0.15, -0.1) is 0 Å². The van der Waals surface area contributed by atoms with Gasteiger partial charge in [0.25, 0.3) is 0 Å². The lowest BCUT2D eigenvalue weighted by Gasteiger charge is -2.24. The van der Waals surface area contributed by atoms with Crippen LogP contribution < -0.4 is 0 Å². The molecular weight excluding hydrogens is 347 g/mol. The minimum atomic E-state index is 0.289. The second-order valence-electron chi connectivity index (χ2n) is 5.45. The van der Waals surface area contributed by atoms with Gasteiger partial charge in [0.05, 0.1) is 22.3 Å². The Bertz CT molecular complexity index is 452. The summed E-state index contributed by atoms with van der Waals surface area (Å²) in [5.41, 5.74) is 1.20. The molecule has 0 bridgehead atoms. The molecule has 0 spiro atoms. The van der Waals surface area contributed by atoms with Crippen LogP contribution in [0.1, 0.15) is 26.3 Å². The van der Waals surface area contributed by atoms with Crippen molar-refractivity contribution in [1.29, 1.82) is 0 Å². The molecule has 19 heavy (non-hydrogen) atoms. The van der Waals surface area contributed by atoms with Crippen LogP contribution in [-0.4, -0.2) is 17.0 Å². The third-order valence-electron chi connectivity index (χ3n) is 4.15. The van der Waals surface area contributed by atoms with Gasteiger partial charge >= 0.3 is 0 Å². The van der Waals surface area contributed by atoms with Gasteiger partial charge in [0.15, 0.2) is 0 Å². The van der Waals surface area contributed by atoms with Crippen LogP contribution in [0.15, 0.2) is 18.2 Å². The molecule has 0 aliphatic carbocycles. The predicted molar refractivity (Wildman–Crippen MR) is 85.5 cm³/mol. The Hall–Kier alpha value is 0.240. The Morgan fingerprint density at radius 2 is 1.84 bits per heavy atom. The molecule has 1 aromatic rings. The highest BCUT2D eigenvalue weighted by molar-refractivity contribution is 9.09. The zero-order valence-electron chi connectivity index (χ0n) is 11.4. The van der Waals surface area contributed by atoms with E-state index in [4.69, 9.17) is 27.9 Å². The highest BCUT2D eigenvalue weighted by Gasteiger charge is 2.40. The molecule has 1 aliphatic rings. The molecule has 5 unspecified atom stereocenters. The number of hydrogen-bond donors (Lipinski definition) is 0. The fourth-order valence-corrected chi connectivity index (χ4v) is 4.55. The quantitative estimate of drug-likeness (QED) is 0.655. The Labute approximate surface area is 133 Å². The van der Waals surface area contributed by atoms with E-state index in [0.29, 0.717) is 32.8 Å². The lowest BCUT2D eigenvalue weighted by atomic mass is 9.85. The van der Waals surface area contributed by atoms with Crippen molar-refractivity contribution < 1.29 is 4.74 Å². The summed E-state index contributed by atoms with van der Waals surface area (Å²) in [5.74, 6) is 1.08. The maximum atomic E-state index is 6.07. The van der Waals surface area contributed by atoms with Gasteiger partial charge in [-0.2, -0.15) is 0 Å². The van der Waals surface area contributed by atoms with Crippen molar-refractivity contribution in [2.75, 3.05) is 0 Å². The first-order valence-corrected chi connectivity index (χ1v) is 8.30. The average Bonchev–Trinajstić information content (AvgIpc) is 2.58. The molecule has 4 heteroatoms. The van der Waals surface area contributed by atoms with E-state index < -0.39 is 0 Å². The summed E-state index contributed by atoms with van der Waals surface area (Å²) in [6, 6.07) is 5.85. The minimum Gasteiger partial charge on any atom is -0.375 e. The molecule has 2 rings (SSSR count). The van der Waals surface area contributed by atoms with Crippen molar-refractivity contribution in [2.45, 2.75) is 44.2 Å². The summed E-state index contributed by atoms with van der Waals surface area (Å²) < 4.78 is 5.91. The van der Waals surface area contributed by atoms with Gasteiger partial charge in [0.2, 0.25) is 0 Å². The zero-order chi connectivity index (χ0) is 14.2. The van der Waals surface area contributed by atoms with E-state index in [1.807, 2.05) is 18.2 Å². The van der Waals surface area contributed by atoms with E-state index in [-0.39, 0.29) is 6.10 Å². The third-order valence-corrected chi connectivity index (χ3v) is 5.82. The van der Waals surface area contributed by atoms with E-state index in [1.165, 1.54) is 5.56 Å². The van der Waals surface area contributed by atoms with Crippen LogP contribution in [0, 0.1) is 11.8 Å². The van der Waals surface area contributed by atoms with Crippen molar-refractivity contribution in [3.8, 4) is 0 Å². The lowest BCUT2D eigenvalue weighted by molar-refractivity contribution is 0.0511. The number of ether oxygens (including phenoxy) is 1. The van der Waals surface area contributed by atoms with Crippen molar-refractivity contribution in [2.24, 2.45) is 11.8 Å². The fraction of sp³-hybridized carbons (Fsp3) is 0.600. The van der Waals surface area contributed by atoms with Crippen LogP contribution in [0.2, 0.25) is 10.0 Å². The number of hydrogen-bond acceptors (Lipinski definition) is 1. The van der Waals surface area contributed by atoms with E-state index >= 15 is 0 Å². The summed E-state index contributed by atoms with van der Waals surface area (Å²) in [6.07, 6.45) is 1.55. The Morgan fingerprint density at radius 3 is 2.37 bits per heavy atom. The summed E-state index contributed by atoms with van der Waals surface area (Å²) >= 11 is 15.8. The first-order chi connectivity index (χ1) is 8.90. The Balaban J connectivity index is 2.08. The molecule has 1 saturated heterocycles. The fourth-order valence-electron chi connectivity index (χ4n) is 2.94. The zero-order valence-corrected chi connectivity index (χ0v) is 14.5. The van der Waals surface area contributed by atoms with Crippen LogP contribution in [0.25, 0.3) is 0 Å². The SMILES string of the molecule is CC1OC(C)C(C(Br)Cc2ccc(Cl)c(Cl)c2)C1C. The summed E-state index contributed by atoms with van der Waals surface area (Å²) in [5, 5.41) is 1.23. The van der Waals surface area contributed by atoms with Gasteiger partial charge in [-0.05, 0) is 43.9 Å². The van der Waals surface area contributed by atoms with Crippen molar-refractivity contribution in [3.63, 3.8) is 0 Å². The van der Waals surface area contributed by atoms with Crippen molar-refractivity contribution >= 4 is 39.1 Å². The highest BCUT2D eigenvalue weighted by Crippen LogP contribution is 2.38. The smallest absolute Gasteiger partial charge is 0.0595 e. The number of alkyl halides is 1. The van der Waals surface area contributed by atoms with Crippen LogP contribution in [-0.2, 0) is 11.2 Å². The third kappa shape index (κ3) is 3.47. The van der Waals surface area contributed by atoms with Gasteiger partial charge in [0.1, 0.15) is 0 Å². The number of benzene rings is 1. The van der Waals surface area contributed by atoms with Crippen LogP contribution >= 0.6 is 39.1 Å². The molecule has 0 amide bonds. The maximum Gasteiger partial charge on any atom is 0.0595 e. The maximum absolute atomic E-state index is 6.07. The second-order valence-corrected chi connectivity index (χ2v) is 7.44. The van der Waals surface area contributed by atoms with Crippen molar-refractivity contribution in [1.82, 2.24) is 0 Å². The largest absolute Gasteiger partial charge is 0.375 e. The van der Waals surface area contributed by atoms with Gasteiger partial charge in [-0.3, -0.25) is 0 Å². The first-order valence-electron chi connectivity index (χ1n) is 6.63. The van der Waals surface area contributed by atoms with Gasteiger partial charge < -0.3 is 4.74 Å². The van der Waals surface area contributed by atoms with E-state index in [0.717, 1.165) is 6.42 Å². The molecule has 1 aliphatic heterocycles. The van der Waals surface area contributed by atoms with Crippen LogP contribution in [0.3, 0.4) is 0 Å². The predicted octanol–water partition coefficient (Wildman–Crippen LogP) is 5.36. The first kappa shape index (κ1) is 15.6. The summed E-state index contributed by atoms with van der Waals surface area (Å²) in [4.78, 5) is 0.389. The molecule has 1 heterocycles. The topological polar surface area (TPSA) is 9.23 Å². The lowest BCUT2D eigenvalue weighted by Crippen LogP contribution is -2.28. The monoisotopic (exact) mass is 364 g/mol. The van der Waals surface area contributed by atoms with Crippen molar-refractivity contribution in [3.05, 3.63) is 33.8 Å². The van der Waals surface area contributed by atoms with E-state index in [1.54, 1.807) is 0 Å². The molecule has 1 nitrogen and oxygen atoms in total. The molecule has 5 atom stereocenters. The van der Waals surface area contributed by atoms with Gasteiger partial charge in [-0.1, -0.05) is 52.1 Å². The second kappa shape index (κ2) is 6.34. The van der Waals surface area contributed by atoms with E-state index in [9.17, 15) is 0 Å².